The highest BCUT2D eigenvalue weighted by atomic mass is 16.2. The van der Waals surface area contributed by atoms with Crippen molar-refractivity contribution in [3.8, 4) is 0 Å². The van der Waals surface area contributed by atoms with Crippen molar-refractivity contribution in [3.05, 3.63) is 59.9 Å². The van der Waals surface area contributed by atoms with Crippen molar-refractivity contribution in [3.63, 3.8) is 0 Å². The summed E-state index contributed by atoms with van der Waals surface area (Å²) in [5.41, 5.74) is 1.58. The molecule has 2 saturated heterocycles. The zero-order chi connectivity index (χ0) is 19.0. The number of carbonyl (C=O) groups is 3. The van der Waals surface area contributed by atoms with E-state index in [1.165, 1.54) is 0 Å². The molecular weight excluding hydrogens is 344 g/mol. The largest absolute Gasteiger partial charge is 0.347 e. The highest BCUT2D eigenvalue weighted by Gasteiger charge is 2.44. The lowest BCUT2D eigenvalue weighted by Crippen LogP contribution is -2.70. The number of amides is 3. The number of benzene rings is 1. The minimum Gasteiger partial charge on any atom is -0.347 e. The molecule has 0 aliphatic carbocycles. The van der Waals surface area contributed by atoms with Crippen LogP contribution in [0, 0.1) is 0 Å². The maximum Gasteiger partial charge on any atom is 0.270 e. The van der Waals surface area contributed by atoms with E-state index in [4.69, 9.17) is 0 Å². The normalized spacial score (nSPS) is 22.4. The van der Waals surface area contributed by atoms with Crippen LogP contribution < -0.4 is 5.32 Å². The van der Waals surface area contributed by atoms with Crippen LogP contribution in [0.1, 0.15) is 16.1 Å². The van der Waals surface area contributed by atoms with Crippen molar-refractivity contribution in [2.45, 2.75) is 18.5 Å². The van der Waals surface area contributed by atoms with Crippen molar-refractivity contribution >= 4 is 17.7 Å². The van der Waals surface area contributed by atoms with Crippen LogP contribution in [0.15, 0.2) is 48.7 Å². The predicted molar refractivity (Wildman–Crippen MR) is 98.9 cm³/mol. The van der Waals surface area contributed by atoms with E-state index in [1.54, 1.807) is 20.4 Å². The van der Waals surface area contributed by atoms with Crippen LogP contribution in [0.25, 0.3) is 0 Å². The molecule has 2 fully saturated rings. The molecule has 3 heterocycles. The Morgan fingerprint density at radius 1 is 1.11 bits per heavy atom. The number of fused-ring (bicyclic) bond motifs is 1. The Kier molecular flexibility index (Phi) is 4.43. The van der Waals surface area contributed by atoms with Gasteiger partial charge in [0.15, 0.2) is 0 Å². The van der Waals surface area contributed by atoms with Gasteiger partial charge in [-0.05, 0) is 17.7 Å². The molecule has 0 spiro atoms. The average molecular weight is 366 g/mol. The maximum absolute atomic E-state index is 12.9. The minimum atomic E-state index is -0.623. The first-order valence-corrected chi connectivity index (χ1v) is 9.10. The molecule has 0 unspecified atom stereocenters. The highest BCUT2D eigenvalue weighted by Crippen LogP contribution is 2.20. The molecule has 27 heavy (non-hydrogen) atoms. The summed E-state index contributed by atoms with van der Waals surface area (Å²) in [5.74, 6) is -0.386. The summed E-state index contributed by atoms with van der Waals surface area (Å²) in [4.78, 5) is 41.5. The Hall–Kier alpha value is -3.09. The first-order chi connectivity index (χ1) is 13.0. The van der Waals surface area contributed by atoms with Gasteiger partial charge in [0.25, 0.3) is 5.91 Å². The van der Waals surface area contributed by atoms with Crippen molar-refractivity contribution in [2.24, 2.45) is 7.05 Å². The molecule has 7 heteroatoms. The van der Waals surface area contributed by atoms with Gasteiger partial charge in [0, 0.05) is 32.8 Å². The van der Waals surface area contributed by atoms with E-state index < -0.39 is 12.1 Å². The van der Waals surface area contributed by atoms with Gasteiger partial charge < -0.3 is 19.7 Å². The number of aromatic nitrogens is 1. The molecule has 140 valence electrons. The number of nitrogens with zero attached hydrogens (tertiary/aromatic N) is 3. The lowest BCUT2D eigenvalue weighted by molar-refractivity contribution is -0.152. The Bertz CT molecular complexity index is 876. The van der Waals surface area contributed by atoms with Gasteiger partial charge in [-0.3, -0.25) is 14.4 Å². The van der Waals surface area contributed by atoms with Crippen LogP contribution in [-0.2, 0) is 23.1 Å². The second kappa shape index (κ2) is 6.90. The molecule has 2 aliphatic rings. The molecule has 1 aromatic carbocycles. The van der Waals surface area contributed by atoms with Gasteiger partial charge >= 0.3 is 0 Å². The Labute approximate surface area is 157 Å². The first kappa shape index (κ1) is 17.3. The van der Waals surface area contributed by atoms with Crippen molar-refractivity contribution in [1.82, 2.24) is 19.7 Å². The summed E-state index contributed by atoms with van der Waals surface area (Å²) in [6.07, 6.45) is 2.29. The molecule has 2 atom stereocenters. The van der Waals surface area contributed by atoms with Gasteiger partial charge in [-0.1, -0.05) is 30.3 Å². The van der Waals surface area contributed by atoms with Crippen molar-refractivity contribution < 1.29 is 14.4 Å². The molecule has 2 aliphatic heterocycles. The van der Waals surface area contributed by atoms with Gasteiger partial charge in [-0.15, -0.1) is 0 Å². The van der Waals surface area contributed by atoms with Crippen LogP contribution in [0.2, 0.25) is 0 Å². The quantitative estimate of drug-likeness (QED) is 0.856. The van der Waals surface area contributed by atoms with Gasteiger partial charge in [0.05, 0.1) is 6.54 Å². The third-order valence-corrected chi connectivity index (χ3v) is 5.31. The second-order valence-electron chi connectivity index (χ2n) is 7.05. The van der Waals surface area contributed by atoms with Crippen molar-refractivity contribution in [2.75, 3.05) is 19.6 Å². The van der Waals surface area contributed by atoms with Crippen LogP contribution in [0.4, 0.5) is 0 Å². The Morgan fingerprint density at radius 3 is 2.59 bits per heavy atom. The number of nitrogens with one attached hydrogen (secondary N) is 1. The standard InChI is InChI=1S/C20H22N4O3/c1-22-9-5-8-16(22)20(27)23-10-11-24-17(13-23)18(25)21-15(19(24)26)12-14-6-3-2-4-7-14/h2-9,15,17H,10-13H2,1H3,(H,21,25)/t15-,17-/m1/s1. The lowest BCUT2D eigenvalue weighted by Gasteiger charge is -2.45. The minimum absolute atomic E-state index is 0.0746. The number of aryl methyl sites for hydroxylation is 1. The van der Waals surface area contributed by atoms with E-state index in [0.717, 1.165) is 5.56 Å². The summed E-state index contributed by atoms with van der Waals surface area (Å²) < 4.78 is 1.76. The number of carbonyl (C=O) groups excluding carboxylic acids is 3. The Morgan fingerprint density at radius 2 is 1.89 bits per heavy atom. The van der Waals surface area contributed by atoms with E-state index in [0.29, 0.717) is 25.2 Å². The Balaban J connectivity index is 1.47. The number of rotatable bonds is 3. The summed E-state index contributed by atoms with van der Waals surface area (Å²) in [6, 6.07) is 12.1. The third-order valence-electron chi connectivity index (χ3n) is 5.31. The van der Waals surface area contributed by atoms with Crippen LogP contribution >= 0.6 is 0 Å². The van der Waals surface area contributed by atoms with E-state index in [1.807, 2.05) is 49.6 Å². The van der Waals surface area contributed by atoms with Gasteiger partial charge in [-0.25, -0.2) is 0 Å². The van der Waals surface area contributed by atoms with Crippen LogP contribution in [0.3, 0.4) is 0 Å². The molecule has 3 amide bonds. The smallest absolute Gasteiger partial charge is 0.270 e. The summed E-state index contributed by atoms with van der Waals surface area (Å²) in [6.45, 7) is 1.02. The van der Waals surface area contributed by atoms with Crippen LogP contribution in [0.5, 0.6) is 0 Å². The summed E-state index contributed by atoms with van der Waals surface area (Å²) in [7, 11) is 1.81. The third kappa shape index (κ3) is 3.20. The highest BCUT2D eigenvalue weighted by molar-refractivity contribution is 5.99. The zero-order valence-corrected chi connectivity index (χ0v) is 15.2. The van der Waals surface area contributed by atoms with E-state index in [9.17, 15) is 14.4 Å². The molecule has 4 rings (SSSR count). The summed E-state index contributed by atoms with van der Waals surface area (Å²) >= 11 is 0. The van der Waals surface area contributed by atoms with Crippen LogP contribution in [-0.4, -0.2) is 63.8 Å². The molecule has 7 nitrogen and oxygen atoms in total. The lowest BCUT2D eigenvalue weighted by atomic mass is 9.98. The zero-order valence-electron chi connectivity index (χ0n) is 15.2. The maximum atomic E-state index is 12.9. The molecule has 1 aromatic heterocycles. The summed E-state index contributed by atoms with van der Waals surface area (Å²) in [5, 5.41) is 2.85. The van der Waals surface area contributed by atoms with Gasteiger partial charge in [0.1, 0.15) is 17.8 Å². The molecule has 0 bridgehead atoms. The number of piperazine rings is 2. The molecule has 0 saturated carbocycles. The topological polar surface area (TPSA) is 74.7 Å². The fraction of sp³-hybridized carbons (Fsp3) is 0.350. The fourth-order valence-corrected chi connectivity index (χ4v) is 3.82. The second-order valence-corrected chi connectivity index (χ2v) is 7.05. The fourth-order valence-electron chi connectivity index (χ4n) is 3.82. The molecule has 0 radical (unpaired) electrons. The van der Waals surface area contributed by atoms with Gasteiger partial charge in [-0.2, -0.15) is 0 Å². The van der Waals surface area contributed by atoms with E-state index in [2.05, 4.69) is 5.32 Å². The SMILES string of the molecule is Cn1cccc1C(=O)N1CCN2C(=O)[C@@H](Cc3ccccc3)NC(=O)[C@H]2C1. The average Bonchev–Trinajstić information content (AvgIpc) is 3.11. The van der Waals surface area contributed by atoms with E-state index >= 15 is 0 Å². The van der Waals surface area contributed by atoms with E-state index in [-0.39, 0.29) is 24.3 Å². The molecule has 1 N–H and O–H groups in total. The number of hydrogen-bond donors (Lipinski definition) is 1. The number of hydrogen-bond acceptors (Lipinski definition) is 3. The first-order valence-electron chi connectivity index (χ1n) is 9.10. The predicted octanol–water partition coefficient (Wildman–Crippen LogP) is 0.419. The molecular formula is C20H22N4O3. The van der Waals surface area contributed by atoms with Gasteiger partial charge in [0.2, 0.25) is 11.8 Å². The monoisotopic (exact) mass is 366 g/mol. The van der Waals surface area contributed by atoms with Crippen molar-refractivity contribution in [1.29, 1.82) is 0 Å². The molecule has 2 aromatic rings.